The molecular weight excluding hydrogens is 408 g/mol. The van der Waals surface area contributed by atoms with E-state index in [0.29, 0.717) is 48.6 Å². The number of carbonyl (C=O) groups is 1. The van der Waals surface area contributed by atoms with Gasteiger partial charge in [0.05, 0.1) is 37.3 Å². The first kappa shape index (κ1) is 20.7. The fourth-order valence-corrected chi connectivity index (χ4v) is 4.60. The first-order valence-corrected chi connectivity index (χ1v) is 10.9. The van der Waals surface area contributed by atoms with Gasteiger partial charge in [0, 0.05) is 26.2 Å². The van der Waals surface area contributed by atoms with E-state index in [1.807, 2.05) is 43.3 Å². The van der Waals surface area contributed by atoms with E-state index in [4.69, 9.17) is 13.9 Å². The summed E-state index contributed by atoms with van der Waals surface area (Å²) in [5, 5.41) is 0.500. The predicted molar refractivity (Wildman–Crippen MR) is 120 cm³/mol. The monoisotopic (exact) mass is 434 g/mol. The summed E-state index contributed by atoms with van der Waals surface area (Å²) in [4.78, 5) is 31.1. The van der Waals surface area contributed by atoms with Crippen LogP contribution < -0.4 is 10.2 Å². The molecule has 1 fully saturated rings. The van der Waals surface area contributed by atoms with E-state index in [1.165, 1.54) is 0 Å². The van der Waals surface area contributed by atoms with Crippen molar-refractivity contribution in [3.63, 3.8) is 0 Å². The van der Waals surface area contributed by atoms with E-state index >= 15 is 0 Å². The quantitative estimate of drug-likeness (QED) is 0.615. The maximum absolute atomic E-state index is 13.6. The maximum atomic E-state index is 13.6. The van der Waals surface area contributed by atoms with Gasteiger partial charge in [0.25, 0.3) is 5.91 Å². The Morgan fingerprint density at radius 1 is 1.06 bits per heavy atom. The van der Waals surface area contributed by atoms with E-state index in [2.05, 4.69) is 4.90 Å². The normalized spacial score (nSPS) is 18.9. The third-order valence-electron chi connectivity index (χ3n) is 6.29. The molecule has 166 valence electrons. The molecule has 1 saturated heterocycles. The van der Waals surface area contributed by atoms with E-state index in [9.17, 15) is 9.59 Å². The summed E-state index contributed by atoms with van der Waals surface area (Å²) in [6, 6.07) is 12.5. The fourth-order valence-electron chi connectivity index (χ4n) is 4.60. The van der Waals surface area contributed by atoms with Crippen LogP contribution >= 0.6 is 0 Å². The highest BCUT2D eigenvalue weighted by molar-refractivity contribution is 5.99. The number of morpholine rings is 1. The molecule has 7 heteroatoms. The van der Waals surface area contributed by atoms with E-state index < -0.39 is 6.04 Å². The average Bonchev–Trinajstić information content (AvgIpc) is 3.10. The number of aryl methyl sites for hydroxylation is 1. The van der Waals surface area contributed by atoms with Crippen LogP contribution in [0.4, 0.5) is 0 Å². The number of hydrogen-bond acceptors (Lipinski definition) is 6. The fraction of sp³-hybridized carbons (Fsp3) is 0.360. The molecule has 32 heavy (non-hydrogen) atoms. The Hall–Kier alpha value is -3.16. The zero-order chi connectivity index (χ0) is 22.2. The summed E-state index contributed by atoms with van der Waals surface area (Å²) in [5.41, 5.74) is 2.49. The minimum Gasteiger partial charge on any atom is -0.497 e. The van der Waals surface area contributed by atoms with Crippen LogP contribution in [-0.2, 0) is 4.74 Å². The molecule has 0 saturated carbocycles. The molecule has 0 bridgehead atoms. The van der Waals surface area contributed by atoms with Crippen LogP contribution in [0.5, 0.6) is 5.75 Å². The summed E-state index contributed by atoms with van der Waals surface area (Å²) >= 11 is 0. The zero-order valence-corrected chi connectivity index (χ0v) is 18.3. The van der Waals surface area contributed by atoms with Gasteiger partial charge in [-0.1, -0.05) is 23.8 Å². The van der Waals surface area contributed by atoms with E-state index in [0.717, 1.165) is 24.2 Å². The first-order valence-electron chi connectivity index (χ1n) is 10.9. The van der Waals surface area contributed by atoms with Gasteiger partial charge in [0.1, 0.15) is 11.3 Å². The molecule has 3 aromatic rings. The molecule has 0 spiro atoms. The van der Waals surface area contributed by atoms with Crippen molar-refractivity contribution in [1.29, 1.82) is 0 Å². The van der Waals surface area contributed by atoms with Crippen molar-refractivity contribution in [3.05, 3.63) is 75.1 Å². The zero-order valence-electron chi connectivity index (χ0n) is 18.3. The van der Waals surface area contributed by atoms with Crippen molar-refractivity contribution < 1.29 is 18.7 Å². The van der Waals surface area contributed by atoms with Gasteiger partial charge in [-0.15, -0.1) is 0 Å². The van der Waals surface area contributed by atoms with Gasteiger partial charge in [-0.2, -0.15) is 0 Å². The van der Waals surface area contributed by atoms with Gasteiger partial charge in [-0.05, 0) is 36.8 Å². The lowest BCUT2D eigenvalue weighted by atomic mass is 9.98. The number of fused-ring (bicyclic) bond motifs is 2. The largest absolute Gasteiger partial charge is 0.497 e. The van der Waals surface area contributed by atoms with Crippen molar-refractivity contribution in [3.8, 4) is 5.75 Å². The Morgan fingerprint density at radius 3 is 2.66 bits per heavy atom. The molecule has 1 amide bonds. The Balaban J connectivity index is 1.62. The molecule has 0 unspecified atom stereocenters. The number of ether oxygens (including phenoxy) is 2. The van der Waals surface area contributed by atoms with Crippen LogP contribution in [0.2, 0.25) is 0 Å². The second kappa shape index (κ2) is 8.41. The van der Waals surface area contributed by atoms with Crippen molar-refractivity contribution in [2.24, 2.45) is 0 Å². The topological polar surface area (TPSA) is 72.2 Å². The lowest BCUT2D eigenvalue weighted by Crippen LogP contribution is -2.42. The van der Waals surface area contributed by atoms with Crippen LogP contribution in [-0.4, -0.2) is 62.2 Å². The summed E-state index contributed by atoms with van der Waals surface area (Å²) in [6.07, 6.45) is 0. The van der Waals surface area contributed by atoms with Gasteiger partial charge in [-0.3, -0.25) is 14.5 Å². The Labute approximate surface area is 186 Å². The molecule has 1 atom stereocenters. The lowest BCUT2D eigenvalue weighted by molar-refractivity contribution is 0.0314. The smallest absolute Gasteiger partial charge is 0.290 e. The van der Waals surface area contributed by atoms with Gasteiger partial charge in [-0.25, -0.2) is 0 Å². The summed E-state index contributed by atoms with van der Waals surface area (Å²) < 4.78 is 16.9. The third kappa shape index (κ3) is 3.57. The molecule has 1 aromatic heterocycles. The molecule has 0 aliphatic carbocycles. The molecule has 0 radical (unpaired) electrons. The number of amides is 1. The van der Waals surface area contributed by atoms with E-state index in [-0.39, 0.29) is 17.1 Å². The van der Waals surface area contributed by atoms with Crippen LogP contribution in [0, 0.1) is 6.92 Å². The standard InChI is InChI=1S/C25H26N2O5/c1-16-6-7-20-19(14-16)23(28)21-22(17-4-3-5-18(15-17)30-2)27(25(29)24(21)32-20)9-8-26-10-12-31-13-11-26/h3-7,14-15,22H,8-13H2,1-2H3/t22-/m1/s1. The molecule has 0 N–H and O–H groups in total. The Bertz CT molecular complexity index is 1230. The van der Waals surface area contributed by atoms with Crippen LogP contribution in [0.25, 0.3) is 11.0 Å². The molecule has 5 rings (SSSR count). The van der Waals surface area contributed by atoms with Gasteiger partial charge in [0.2, 0.25) is 5.76 Å². The Morgan fingerprint density at radius 2 is 1.88 bits per heavy atom. The summed E-state index contributed by atoms with van der Waals surface area (Å²) in [7, 11) is 1.60. The molecule has 3 heterocycles. The van der Waals surface area contributed by atoms with Gasteiger partial charge < -0.3 is 18.8 Å². The predicted octanol–water partition coefficient (Wildman–Crippen LogP) is 2.99. The van der Waals surface area contributed by atoms with E-state index in [1.54, 1.807) is 18.1 Å². The maximum Gasteiger partial charge on any atom is 0.290 e. The number of hydrogen-bond donors (Lipinski definition) is 0. The highest BCUT2D eigenvalue weighted by atomic mass is 16.5. The minimum absolute atomic E-state index is 0.140. The molecule has 2 aliphatic rings. The number of rotatable bonds is 5. The van der Waals surface area contributed by atoms with Gasteiger partial charge >= 0.3 is 0 Å². The SMILES string of the molecule is COc1cccc([C@@H]2c3c(oc4ccc(C)cc4c3=O)C(=O)N2CCN2CCOCC2)c1. The van der Waals surface area contributed by atoms with Crippen molar-refractivity contribution in [1.82, 2.24) is 9.80 Å². The Kier molecular flexibility index (Phi) is 5.45. The molecule has 2 aromatic carbocycles. The molecular formula is C25H26N2O5. The number of nitrogens with zero attached hydrogens (tertiary/aromatic N) is 2. The second-order valence-corrected chi connectivity index (χ2v) is 8.31. The number of methoxy groups -OCH3 is 1. The minimum atomic E-state index is -0.519. The molecule has 2 aliphatic heterocycles. The second-order valence-electron chi connectivity index (χ2n) is 8.31. The summed E-state index contributed by atoms with van der Waals surface area (Å²) in [5.74, 6) is 0.569. The molecule has 7 nitrogen and oxygen atoms in total. The van der Waals surface area contributed by atoms with Crippen molar-refractivity contribution in [2.75, 3.05) is 46.5 Å². The van der Waals surface area contributed by atoms with Crippen molar-refractivity contribution in [2.45, 2.75) is 13.0 Å². The highest BCUT2D eigenvalue weighted by Crippen LogP contribution is 2.39. The van der Waals surface area contributed by atoms with Crippen LogP contribution in [0.1, 0.15) is 33.3 Å². The van der Waals surface area contributed by atoms with Crippen molar-refractivity contribution >= 4 is 16.9 Å². The highest BCUT2D eigenvalue weighted by Gasteiger charge is 2.42. The van der Waals surface area contributed by atoms with Crippen LogP contribution in [0.3, 0.4) is 0 Å². The first-order chi connectivity index (χ1) is 15.6. The number of carbonyl (C=O) groups excluding carboxylic acids is 1. The summed E-state index contributed by atoms with van der Waals surface area (Å²) in [6.45, 7) is 6.18. The average molecular weight is 434 g/mol. The van der Waals surface area contributed by atoms with Gasteiger partial charge in [0.15, 0.2) is 5.43 Å². The number of benzene rings is 2. The third-order valence-corrected chi connectivity index (χ3v) is 6.29. The van der Waals surface area contributed by atoms with Crippen LogP contribution in [0.15, 0.2) is 51.7 Å². The lowest BCUT2D eigenvalue weighted by Gasteiger charge is -2.31.